The highest BCUT2D eigenvalue weighted by Crippen LogP contribution is 2.32. The molecule has 1 N–H and O–H groups in total. The predicted molar refractivity (Wildman–Crippen MR) is 105 cm³/mol. The minimum Gasteiger partial charge on any atom is -0.261 e. The summed E-state index contributed by atoms with van der Waals surface area (Å²) >= 11 is 0. The summed E-state index contributed by atoms with van der Waals surface area (Å²) in [6.07, 6.45) is 3.62. The van der Waals surface area contributed by atoms with Crippen LogP contribution in [0.25, 0.3) is 22.4 Å². The van der Waals surface area contributed by atoms with Crippen molar-refractivity contribution < 1.29 is 4.98 Å². The number of pyridine rings is 1. The molecule has 0 amide bonds. The quantitative estimate of drug-likeness (QED) is 0.693. The Bertz CT molecular complexity index is 921. The van der Waals surface area contributed by atoms with Crippen molar-refractivity contribution in [1.82, 2.24) is 0 Å². The molecule has 1 aliphatic rings. The molecule has 2 heterocycles. The minimum atomic E-state index is 0.734. The fraction of sp³-hybridized carbons (Fsp3) is 0.217. The van der Waals surface area contributed by atoms with Crippen LogP contribution in [-0.2, 0) is 0 Å². The van der Waals surface area contributed by atoms with Crippen LogP contribution in [0, 0.1) is 11.3 Å². The van der Waals surface area contributed by atoms with E-state index >= 15 is 0 Å². The lowest BCUT2D eigenvalue weighted by atomic mass is 9.97. The fourth-order valence-electron chi connectivity index (χ4n) is 3.66. The molecule has 1 aromatic heterocycles. The van der Waals surface area contributed by atoms with E-state index in [2.05, 4.69) is 46.3 Å². The summed E-state index contributed by atoms with van der Waals surface area (Å²) in [5.41, 5.74) is 4.98. The molecule has 3 nitrogen and oxygen atoms in total. The molecular weight excluding hydrogens is 318 g/mol. The van der Waals surface area contributed by atoms with Crippen LogP contribution in [0.2, 0.25) is 0 Å². The standard InChI is InChI=1S/C23H21N3/c24-17-21-20(18-10-4-1-5-11-18)16-22(19-12-6-2-7-13-19)25-23(21)26-14-8-3-9-15-26/h1-2,4-7,10-13,16H,3,8-9,14-15H2/p+1. The van der Waals surface area contributed by atoms with Gasteiger partial charge in [-0.1, -0.05) is 60.7 Å². The van der Waals surface area contributed by atoms with E-state index in [1.54, 1.807) is 0 Å². The van der Waals surface area contributed by atoms with E-state index in [0.29, 0.717) is 0 Å². The van der Waals surface area contributed by atoms with Crippen molar-refractivity contribution in [3.8, 4) is 28.5 Å². The summed E-state index contributed by atoms with van der Waals surface area (Å²) in [4.78, 5) is 5.90. The fourth-order valence-corrected chi connectivity index (χ4v) is 3.66. The topological polar surface area (TPSA) is 41.2 Å². The van der Waals surface area contributed by atoms with Gasteiger partial charge in [0.1, 0.15) is 17.3 Å². The first-order valence-corrected chi connectivity index (χ1v) is 9.23. The molecule has 1 aliphatic heterocycles. The molecule has 3 heteroatoms. The zero-order valence-corrected chi connectivity index (χ0v) is 14.8. The number of piperidine rings is 1. The summed E-state index contributed by atoms with van der Waals surface area (Å²) in [5.74, 6) is 0.951. The Hall–Kier alpha value is -3.12. The molecule has 1 fully saturated rings. The van der Waals surface area contributed by atoms with Crippen molar-refractivity contribution in [2.75, 3.05) is 18.0 Å². The van der Waals surface area contributed by atoms with Gasteiger partial charge in [-0.15, -0.1) is 0 Å². The van der Waals surface area contributed by atoms with E-state index in [1.807, 2.05) is 36.4 Å². The lowest BCUT2D eigenvalue weighted by Crippen LogP contribution is -2.35. The second kappa shape index (κ2) is 7.41. The maximum Gasteiger partial charge on any atom is 0.293 e. The minimum absolute atomic E-state index is 0.734. The molecule has 0 radical (unpaired) electrons. The SMILES string of the molecule is N#Cc1c(-c2ccccc2)cc(-c2ccccc2)[nH+]c1N1CCCCC1. The number of hydrogen-bond donors (Lipinski definition) is 0. The Morgan fingerprint density at radius 3 is 2.04 bits per heavy atom. The molecule has 1 saturated heterocycles. The molecule has 0 atom stereocenters. The van der Waals surface area contributed by atoms with E-state index in [9.17, 15) is 5.26 Å². The summed E-state index contributed by atoms with van der Waals surface area (Å²) in [5, 5.41) is 9.96. The number of nitriles is 1. The van der Waals surface area contributed by atoms with Crippen molar-refractivity contribution in [2.45, 2.75) is 19.3 Å². The third kappa shape index (κ3) is 3.19. The van der Waals surface area contributed by atoms with Crippen LogP contribution in [0.15, 0.2) is 66.7 Å². The highest BCUT2D eigenvalue weighted by atomic mass is 15.2. The zero-order valence-electron chi connectivity index (χ0n) is 14.8. The average molecular weight is 340 g/mol. The number of anilines is 1. The molecule has 4 rings (SSSR count). The molecule has 0 bridgehead atoms. The number of aromatic nitrogens is 1. The van der Waals surface area contributed by atoms with Gasteiger partial charge in [0, 0.05) is 11.1 Å². The van der Waals surface area contributed by atoms with Crippen LogP contribution in [0.1, 0.15) is 24.8 Å². The molecule has 0 aliphatic carbocycles. The Morgan fingerprint density at radius 2 is 1.42 bits per heavy atom. The first-order valence-electron chi connectivity index (χ1n) is 9.23. The molecule has 2 aromatic carbocycles. The molecule has 128 valence electrons. The summed E-state index contributed by atoms with van der Waals surface area (Å²) in [7, 11) is 0. The molecule has 0 saturated carbocycles. The van der Waals surface area contributed by atoms with Gasteiger partial charge in [0.2, 0.25) is 0 Å². The van der Waals surface area contributed by atoms with Crippen LogP contribution in [0.3, 0.4) is 0 Å². The highest BCUT2D eigenvalue weighted by Gasteiger charge is 2.27. The predicted octanol–water partition coefficient (Wildman–Crippen LogP) is 4.70. The van der Waals surface area contributed by atoms with Crippen molar-refractivity contribution in [1.29, 1.82) is 5.26 Å². The third-order valence-electron chi connectivity index (χ3n) is 5.00. The van der Waals surface area contributed by atoms with Gasteiger partial charge in [0.05, 0.1) is 13.1 Å². The lowest BCUT2D eigenvalue weighted by Gasteiger charge is -2.23. The lowest BCUT2D eigenvalue weighted by molar-refractivity contribution is -0.351. The molecule has 26 heavy (non-hydrogen) atoms. The van der Waals surface area contributed by atoms with Crippen LogP contribution >= 0.6 is 0 Å². The van der Waals surface area contributed by atoms with Gasteiger partial charge < -0.3 is 0 Å². The zero-order chi connectivity index (χ0) is 17.8. The summed E-state index contributed by atoms with van der Waals surface area (Å²) in [6, 6.07) is 25.1. The van der Waals surface area contributed by atoms with Gasteiger partial charge in [-0.3, -0.25) is 4.90 Å². The molecule has 0 spiro atoms. The first kappa shape index (κ1) is 16.4. The third-order valence-corrected chi connectivity index (χ3v) is 5.00. The number of H-pyrrole nitrogens is 1. The van der Waals surface area contributed by atoms with Crippen molar-refractivity contribution >= 4 is 5.82 Å². The van der Waals surface area contributed by atoms with E-state index in [0.717, 1.165) is 46.9 Å². The first-order chi connectivity index (χ1) is 12.9. The van der Waals surface area contributed by atoms with E-state index in [4.69, 9.17) is 0 Å². The van der Waals surface area contributed by atoms with Crippen LogP contribution in [-0.4, -0.2) is 13.1 Å². The largest absolute Gasteiger partial charge is 0.293 e. The Labute approximate surface area is 154 Å². The smallest absolute Gasteiger partial charge is 0.261 e. The van der Waals surface area contributed by atoms with Crippen molar-refractivity contribution in [3.63, 3.8) is 0 Å². The Kier molecular flexibility index (Phi) is 4.66. The Morgan fingerprint density at radius 1 is 0.808 bits per heavy atom. The van der Waals surface area contributed by atoms with Crippen LogP contribution in [0.4, 0.5) is 5.82 Å². The number of hydrogen-bond acceptors (Lipinski definition) is 2. The summed E-state index contributed by atoms with van der Waals surface area (Å²) < 4.78 is 0. The second-order valence-electron chi connectivity index (χ2n) is 6.71. The number of aromatic amines is 1. The normalized spacial score (nSPS) is 14.0. The van der Waals surface area contributed by atoms with Gasteiger partial charge in [-0.25, -0.2) is 4.98 Å². The highest BCUT2D eigenvalue weighted by molar-refractivity contribution is 5.78. The van der Waals surface area contributed by atoms with Crippen LogP contribution in [0.5, 0.6) is 0 Å². The average Bonchev–Trinajstić information content (AvgIpc) is 2.74. The monoisotopic (exact) mass is 340 g/mol. The van der Waals surface area contributed by atoms with Crippen LogP contribution < -0.4 is 9.88 Å². The van der Waals surface area contributed by atoms with Crippen molar-refractivity contribution in [3.05, 3.63) is 72.3 Å². The van der Waals surface area contributed by atoms with E-state index < -0.39 is 0 Å². The number of nitrogens with one attached hydrogen (secondary N) is 1. The molecule has 0 unspecified atom stereocenters. The number of nitrogens with zero attached hydrogens (tertiary/aromatic N) is 2. The van der Waals surface area contributed by atoms with Crippen molar-refractivity contribution in [2.24, 2.45) is 0 Å². The molecule has 3 aromatic rings. The second-order valence-corrected chi connectivity index (χ2v) is 6.71. The number of rotatable bonds is 3. The van der Waals surface area contributed by atoms with Gasteiger partial charge in [-0.05, 0) is 30.9 Å². The van der Waals surface area contributed by atoms with Gasteiger partial charge in [0.25, 0.3) is 5.82 Å². The molecular formula is C23H22N3+. The van der Waals surface area contributed by atoms with Gasteiger partial charge in [0.15, 0.2) is 0 Å². The van der Waals surface area contributed by atoms with E-state index in [1.165, 1.54) is 19.3 Å². The number of benzene rings is 2. The maximum atomic E-state index is 9.96. The van der Waals surface area contributed by atoms with E-state index in [-0.39, 0.29) is 0 Å². The van der Waals surface area contributed by atoms with Gasteiger partial charge >= 0.3 is 0 Å². The van der Waals surface area contributed by atoms with Gasteiger partial charge in [-0.2, -0.15) is 5.26 Å². The Balaban J connectivity index is 1.93. The maximum absolute atomic E-state index is 9.96. The summed E-state index contributed by atoms with van der Waals surface area (Å²) in [6.45, 7) is 2.00.